The third kappa shape index (κ3) is 6.30. The second-order valence-corrected chi connectivity index (χ2v) is 9.92. The zero-order valence-corrected chi connectivity index (χ0v) is 20.4. The Kier molecular flexibility index (Phi) is 8.36. The molecule has 0 aliphatic heterocycles. The molecule has 8 nitrogen and oxygen atoms in total. The number of para-hydroxylation sites is 1. The van der Waals surface area contributed by atoms with Gasteiger partial charge in [0.05, 0.1) is 23.1 Å². The fraction of sp³-hybridized carbons (Fsp3) is 0.120. The van der Waals surface area contributed by atoms with Crippen LogP contribution in [0, 0.1) is 5.82 Å². The molecule has 0 saturated carbocycles. The zero-order valence-electron chi connectivity index (χ0n) is 18.7. The van der Waals surface area contributed by atoms with E-state index in [1.54, 1.807) is 54.0 Å². The molecule has 2 amide bonds. The van der Waals surface area contributed by atoms with Crippen molar-refractivity contribution in [3.05, 3.63) is 89.9 Å². The van der Waals surface area contributed by atoms with Gasteiger partial charge in [-0.25, -0.2) is 9.87 Å². The van der Waals surface area contributed by atoms with Gasteiger partial charge in [-0.2, -0.15) is 0 Å². The molecule has 0 radical (unpaired) electrons. The number of hydrogen-bond donors (Lipinski definition) is 3. The van der Waals surface area contributed by atoms with Crippen molar-refractivity contribution in [1.82, 2.24) is 10.8 Å². The number of amides is 2. The van der Waals surface area contributed by atoms with Crippen LogP contribution in [0.2, 0.25) is 0 Å². The molecule has 3 N–H and O–H groups in total. The van der Waals surface area contributed by atoms with Crippen LogP contribution < -0.4 is 15.5 Å². The Morgan fingerprint density at radius 2 is 1.75 bits per heavy atom. The van der Waals surface area contributed by atoms with Crippen LogP contribution >= 0.6 is 11.8 Å². The number of carbonyl (C=O) groups is 2. The van der Waals surface area contributed by atoms with Crippen LogP contribution in [0.4, 0.5) is 9.18 Å². The van der Waals surface area contributed by atoms with Crippen molar-refractivity contribution in [3.63, 3.8) is 0 Å². The number of benzene rings is 3. The summed E-state index contributed by atoms with van der Waals surface area (Å²) in [6, 6.07) is 19.2. The van der Waals surface area contributed by atoms with Gasteiger partial charge >= 0.3 is 5.24 Å². The molecular weight excluding hydrogens is 507 g/mol. The number of hydroxylamine groups is 1. The highest BCUT2D eigenvalue weighted by Gasteiger charge is 2.22. The summed E-state index contributed by atoms with van der Waals surface area (Å²) in [4.78, 5) is 25.2. The molecule has 0 bridgehead atoms. The Bertz CT molecular complexity index is 1390. The highest BCUT2D eigenvalue weighted by Crippen LogP contribution is 2.28. The second kappa shape index (κ2) is 11.8. The average molecular weight is 529 g/mol. The van der Waals surface area contributed by atoms with E-state index >= 15 is 0 Å². The molecule has 1 heterocycles. The van der Waals surface area contributed by atoms with E-state index in [1.807, 2.05) is 0 Å². The third-order valence-electron chi connectivity index (χ3n) is 5.04. The standard InChI is InChI=1S/C25H21FN2O6S2/c26-16-5-11-19(12-6-16)36(32)15-21-20-3-1-2-4-22(20)34-23(21)24(29)27-13-14-33-17-7-9-18(10-8-17)35-25(30)28-31/h1-12,31H,13-15H2,(H,27,29)(H,28,30). The molecule has 186 valence electrons. The minimum atomic E-state index is -1.51. The second-order valence-electron chi connectivity index (χ2n) is 7.43. The molecule has 0 aliphatic carbocycles. The smallest absolute Gasteiger partial charge is 0.307 e. The van der Waals surface area contributed by atoms with Gasteiger partial charge in [0, 0.05) is 20.7 Å². The molecule has 0 saturated heterocycles. The molecule has 4 rings (SSSR count). The van der Waals surface area contributed by atoms with Crippen molar-refractivity contribution in [3.8, 4) is 5.75 Å². The highest BCUT2D eigenvalue weighted by atomic mass is 32.2. The van der Waals surface area contributed by atoms with Gasteiger partial charge in [-0.05, 0) is 66.4 Å². The van der Waals surface area contributed by atoms with Crippen LogP contribution in [-0.2, 0) is 16.6 Å². The molecule has 3 aromatic carbocycles. The molecular formula is C25H21FN2O6S2. The van der Waals surface area contributed by atoms with Gasteiger partial charge in [-0.1, -0.05) is 18.2 Å². The van der Waals surface area contributed by atoms with Gasteiger partial charge in [-0.3, -0.25) is 19.0 Å². The fourth-order valence-corrected chi connectivity index (χ4v) is 5.06. The van der Waals surface area contributed by atoms with Crippen LogP contribution in [0.1, 0.15) is 16.1 Å². The van der Waals surface area contributed by atoms with E-state index in [4.69, 9.17) is 14.4 Å². The minimum absolute atomic E-state index is 0.0283. The Hall–Kier alpha value is -3.67. The van der Waals surface area contributed by atoms with E-state index in [9.17, 15) is 18.2 Å². The number of halogens is 1. The number of hydrogen-bond acceptors (Lipinski definition) is 7. The monoisotopic (exact) mass is 528 g/mol. The van der Waals surface area contributed by atoms with Crippen LogP contribution in [0.25, 0.3) is 11.0 Å². The number of thioether (sulfide) groups is 1. The summed E-state index contributed by atoms with van der Waals surface area (Å²) in [5, 5.41) is 11.4. The Morgan fingerprint density at radius 1 is 1.03 bits per heavy atom. The minimum Gasteiger partial charge on any atom is -0.492 e. The van der Waals surface area contributed by atoms with E-state index in [2.05, 4.69) is 5.32 Å². The SMILES string of the molecule is O=C(NO)Sc1ccc(OCCNC(=O)c2oc3ccccc3c2CS(=O)c2ccc(F)cc2)cc1. The Morgan fingerprint density at radius 3 is 2.47 bits per heavy atom. The first-order valence-corrected chi connectivity index (χ1v) is 12.9. The van der Waals surface area contributed by atoms with Crippen molar-refractivity contribution >= 4 is 44.7 Å². The maximum absolute atomic E-state index is 13.2. The summed E-state index contributed by atoms with van der Waals surface area (Å²) >= 11 is 0.827. The van der Waals surface area contributed by atoms with E-state index in [-0.39, 0.29) is 24.7 Å². The zero-order chi connectivity index (χ0) is 25.5. The number of fused-ring (bicyclic) bond motifs is 1. The maximum Gasteiger partial charge on any atom is 0.307 e. The lowest BCUT2D eigenvalue weighted by Gasteiger charge is -2.09. The molecule has 0 aliphatic rings. The van der Waals surface area contributed by atoms with Gasteiger partial charge in [0.2, 0.25) is 0 Å². The van der Waals surface area contributed by atoms with Gasteiger partial charge in [0.15, 0.2) is 5.76 Å². The van der Waals surface area contributed by atoms with Gasteiger partial charge < -0.3 is 14.5 Å². The predicted molar refractivity (Wildman–Crippen MR) is 133 cm³/mol. The number of furan rings is 1. The number of rotatable bonds is 9. The molecule has 1 unspecified atom stereocenters. The lowest BCUT2D eigenvalue weighted by Crippen LogP contribution is -2.28. The average Bonchev–Trinajstić information content (AvgIpc) is 3.26. The molecule has 0 spiro atoms. The highest BCUT2D eigenvalue weighted by molar-refractivity contribution is 8.13. The van der Waals surface area contributed by atoms with Crippen LogP contribution in [-0.4, -0.2) is 33.7 Å². The van der Waals surface area contributed by atoms with Crippen molar-refractivity contribution < 1.29 is 32.5 Å². The summed E-state index contributed by atoms with van der Waals surface area (Å²) in [7, 11) is -1.51. The van der Waals surface area contributed by atoms with Crippen LogP contribution in [0.15, 0.2) is 87.0 Å². The van der Waals surface area contributed by atoms with Crippen molar-refractivity contribution in [2.75, 3.05) is 13.2 Å². The summed E-state index contributed by atoms with van der Waals surface area (Å²) in [6.45, 7) is 0.353. The molecule has 4 aromatic rings. The molecule has 0 fully saturated rings. The Balaban J connectivity index is 1.39. The first kappa shape index (κ1) is 25.4. The van der Waals surface area contributed by atoms with E-state index in [1.165, 1.54) is 24.3 Å². The van der Waals surface area contributed by atoms with Gasteiger partial charge in [0.25, 0.3) is 5.91 Å². The first-order chi connectivity index (χ1) is 17.4. The summed E-state index contributed by atoms with van der Waals surface area (Å²) in [6.07, 6.45) is 0. The first-order valence-electron chi connectivity index (χ1n) is 10.7. The molecule has 36 heavy (non-hydrogen) atoms. The van der Waals surface area contributed by atoms with Crippen LogP contribution in [0.5, 0.6) is 5.75 Å². The number of nitrogens with one attached hydrogen (secondary N) is 2. The van der Waals surface area contributed by atoms with Crippen LogP contribution in [0.3, 0.4) is 0 Å². The summed E-state index contributed by atoms with van der Waals surface area (Å²) in [5.74, 6) is -0.258. The maximum atomic E-state index is 13.2. The normalized spacial score (nSPS) is 11.7. The Labute approximate surface area is 212 Å². The lowest BCUT2D eigenvalue weighted by atomic mass is 10.1. The predicted octanol–water partition coefficient (Wildman–Crippen LogP) is 4.88. The number of ether oxygens (including phenoxy) is 1. The summed E-state index contributed by atoms with van der Waals surface area (Å²) < 4.78 is 37.6. The largest absolute Gasteiger partial charge is 0.492 e. The topological polar surface area (TPSA) is 118 Å². The van der Waals surface area contributed by atoms with Crippen molar-refractivity contribution in [2.45, 2.75) is 15.5 Å². The molecule has 1 atom stereocenters. The van der Waals surface area contributed by atoms with Gasteiger partial charge in [0.1, 0.15) is 23.8 Å². The fourth-order valence-electron chi connectivity index (χ4n) is 3.37. The summed E-state index contributed by atoms with van der Waals surface area (Å²) in [5.41, 5.74) is 2.55. The number of carbonyl (C=O) groups excluding carboxylic acids is 2. The molecule has 11 heteroatoms. The van der Waals surface area contributed by atoms with E-state index < -0.39 is 27.8 Å². The third-order valence-corrected chi connectivity index (χ3v) is 7.17. The van der Waals surface area contributed by atoms with E-state index in [0.717, 1.165) is 11.8 Å². The van der Waals surface area contributed by atoms with E-state index in [0.29, 0.717) is 32.1 Å². The van der Waals surface area contributed by atoms with Crippen molar-refractivity contribution in [2.24, 2.45) is 0 Å². The molecule has 1 aromatic heterocycles. The quantitative estimate of drug-likeness (QED) is 0.123. The van der Waals surface area contributed by atoms with Crippen molar-refractivity contribution in [1.29, 1.82) is 0 Å². The lowest BCUT2D eigenvalue weighted by molar-refractivity contribution is 0.0920. The van der Waals surface area contributed by atoms with Gasteiger partial charge in [-0.15, -0.1) is 0 Å².